The molecule has 2 nitrogen and oxygen atoms in total. The van der Waals surface area contributed by atoms with Crippen molar-refractivity contribution in [2.24, 2.45) is 0 Å². The minimum absolute atomic E-state index is 0.609. The number of benzene rings is 2. The summed E-state index contributed by atoms with van der Waals surface area (Å²) < 4.78 is 0. The van der Waals surface area contributed by atoms with Gasteiger partial charge in [-0.1, -0.05) is 60.7 Å². The summed E-state index contributed by atoms with van der Waals surface area (Å²) in [6, 6.07) is 19.8. The maximum Gasteiger partial charge on any atom is 0.106 e. The van der Waals surface area contributed by atoms with Gasteiger partial charge in [0.05, 0.1) is 0 Å². The first kappa shape index (κ1) is 11.8. The summed E-state index contributed by atoms with van der Waals surface area (Å²) in [6.45, 7) is 0. The van der Waals surface area contributed by atoms with E-state index in [0.29, 0.717) is 0 Å². The second kappa shape index (κ2) is 5.12. The number of nitrogens with one attached hydrogen (secondary N) is 1. The van der Waals surface area contributed by atoms with E-state index in [1.54, 1.807) is 0 Å². The van der Waals surface area contributed by atoms with Crippen LogP contribution in [0.1, 0.15) is 17.2 Å². The number of aromatic nitrogens is 1. The number of H-pyrrole nitrogens is 1. The van der Waals surface area contributed by atoms with Crippen LogP contribution in [-0.2, 0) is 0 Å². The molecule has 2 heteroatoms. The van der Waals surface area contributed by atoms with Crippen molar-refractivity contribution in [3.8, 4) is 11.1 Å². The zero-order chi connectivity index (χ0) is 13.1. The molecule has 0 unspecified atom stereocenters. The average Bonchev–Trinajstić information content (AvgIpc) is 2.98. The number of rotatable bonds is 3. The van der Waals surface area contributed by atoms with Crippen molar-refractivity contribution in [1.82, 2.24) is 4.98 Å². The van der Waals surface area contributed by atoms with Crippen LogP contribution in [-0.4, -0.2) is 10.1 Å². The van der Waals surface area contributed by atoms with Crippen LogP contribution < -0.4 is 0 Å². The predicted molar refractivity (Wildman–Crippen MR) is 76.7 cm³/mol. The molecule has 94 valence electrons. The van der Waals surface area contributed by atoms with Crippen molar-refractivity contribution in [1.29, 1.82) is 0 Å². The van der Waals surface area contributed by atoms with Crippen LogP contribution in [0.25, 0.3) is 11.1 Å². The molecule has 0 bridgehead atoms. The van der Waals surface area contributed by atoms with E-state index in [9.17, 15) is 5.11 Å². The van der Waals surface area contributed by atoms with Gasteiger partial charge in [-0.25, -0.2) is 0 Å². The van der Waals surface area contributed by atoms with E-state index in [1.807, 2.05) is 73.1 Å². The molecule has 0 amide bonds. The maximum atomic E-state index is 10.5. The van der Waals surface area contributed by atoms with Crippen LogP contribution in [0, 0.1) is 0 Å². The summed E-state index contributed by atoms with van der Waals surface area (Å²) in [4.78, 5) is 3.09. The highest BCUT2D eigenvalue weighted by Crippen LogP contribution is 2.31. The molecule has 0 fully saturated rings. The Labute approximate surface area is 112 Å². The highest BCUT2D eigenvalue weighted by molar-refractivity contribution is 5.67. The van der Waals surface area contributed by atoms with Gasteiger partial charge in [-0.05, 0) is 11.1 Å². The molecule has 3 rings (SSSR count). The molecule has 2 aromatic carbocycles. The van der Waals surface area contributed by atoms with E-state index < -0.39 is 6.10 Å². The van der Waals surface area contributed by atoms with E-state index >= 15 is 0 Å². The fraction of sp³-hybridized carbons (Fsp3) is 0.0588. The lowest BCUT2D eigenvalue weighted by Gasteiger charge is -2.12. The lowest BCUT2D eigenvalue weighted by molar-refractivity contribution is 0.221. The molecule has 0 saturated heterocycles. The third-order valence-electron chi connectivity index (χ3n) is 3.27. The smallest absolute Gasteiger partial charge is 0.106 e. The Bertz CT molecular complexity index is 643. The van der Waals surface area contributed by atoms with Crippen LogP contribution in [0.3, 0.4) is 0 Å². The van der Waals surface area contributed by atoms with Crippen molar-refractivity contribution in [2.45, 2.75) is 6.10 Å². The molecule has 1 atom stereocenters. The number of aliphatic hydroxyl groups is 1. The van der Waals surface area contributed by atoms with Crippen LogP contribution in [0.15, 0.2) is 73.1 Å². The van der Waals surface area contributed by atoms with E-state index in [1.165, 1.54) is 0 Å². The molecule has 19 heavy (non-hydrogen) atoms. The zero-order valence-electron chi connectivity index (χ0n) is 10.5. The summed E-state index contributed by atoms with van der Waals surface area (Å²) in [5, 5.41) is 10.5. The molecule has 0 aliphatic carbocycles. The molecule has 1 heterocycles. The van der Waals surface area contributed by atoms with Crippen LogP contribution in [0.5, 0.6) is 0 Å². The second-order valence-corrected chi connectivity index (χ2v) is 4.50. The Morgan fingerprint density at radius 1 is 0.789 bits per heavy atom. The van der Waals surface area contributed by atoms with E-state index in [2.05, 4.69) is 4.98 Å². The van der Waals surface area contributed by atoms with Crippen LogP contribution in [0.4, 0.5) is 0 Å². The summed E-state index contributed by atoms with van der Waals surface area (Å²) >= 11 is 0. The summed E-state index contributed by atoms with van der Waals surface area (Å²) in [5.74, 6) is 0. The van der Waals surface area contributed by atoms with Gasteiger partial charge in [-0.15, -0.1) is 0 Å². The van der Waals surface area contributed by atoms with Gasteiger partial charge in [0.15, 0.2) is 0 Å². The van der Waals surface area contributed by atoms with Crippen molar-refractivity contribution in [3.05, 3.63) is 84.2 Å². The lowest BCUT2D eigenvalue weighted by Crippen LogP contribution is -1.99. The quantitative estimate of drug-likeness (QED) is 0.728. The molecule has 0 saturated carbocycles. The van der Waals surface area contributed by atoms with Crippen molar-refractivity contribution < 1.29 is 5.11 Å². The minimum Gasteiger partial charge on any atom is -0.384 e. The predicted octanol–water partition coefficient (Wildman–Crippen LogP) is 3.76. The molecule has 0 radical (unpaired) electrons. The van der Waals surface area contributed by atoms with Gasteiger partial charge < -0.3 is 10.1 Å². The minimum atomic E-state index is -0.609. The van der Waals surface area contributed by atoms with Gasteiger partial charge in [-0.3, -0.25) is 0 Å². The molecular formula is C17H15NO. The normalized spacial score (nSPS) is 12.3. The first-order chi connectivity index (χ1) is 9.36. The van der Waals surface area contributed by atoms with Crippen molar-refractivity contribution >= 4 is 0 Å². The first-order valence-corrected chi connectivity index (χ1v) is 6.31. The molecule has 0 aliphatic heterocycles. The number of aromatic amines is 1. The van der Waals surface area contributed by atoms with Gasteiger partial charge in [0.1, 0.15) is 6.10 Å². The summed E-state index contributed by atoms with van der Waals surface area (Å²) in [6.07, 6.45) is 3.18. The fourth-order valence-electron chi connectivity index (χ4n) is 2.28. The van der Waals surface area contributed by atoms with Gasteiger partial charge in [0.2, 0.25) is 0 Å². The number of hydrogen-bond acceptors (Lipinski definition) is 1. The summed E-state index contributed by atoms with van der Waals surface area (Å²) in [5.41, 5.74) is 3.95. The van der Waals surface area contributed by atoms with E-state index in [4.69, 9.17) is 0 Å². The highest BCUT2D eigenvalue weighted by atomic mass is 16.3. The van der Waals surface area contributed by atoms with E-state index in [0.717, 1.165) is 22.3 Å². The van der Waals surface area contributed by atoms with Crippen molar-refractivity contribution in [3.63, 3.8) is 0 Å². The average molecular weight is 249 g/mol. The van der Waals surface area contributed by atoms with Crippen molar-refractivity contribution in [2.75, 3.05) is 0 Å². The molecular weight excluding hydrogens is 234 g/mol. The van der Waals surface area contributed by atoms with Gasteiger partial charge in [0.25, 0.3) is 0 Å². The molecule has 0 spiro atoms. The zero-order valence-corrected chi connectivity index (χ0v) is 10.5. The van der Waals surface area contributed by atoms with Gasteiger partial charge in [-0.2, -0.15) is 0 Å². The standard InChI is InChI=1S/C17H15NO/c19-17(14-9-5-2-6-10-14)16-12-18-11-15(16)13-7-3-1-4-8-13/h1-12,17-19H/t17-/m1/s1. The number of hydrogen-bond donors (Lipinski definition) is 2. The topological polar surface area (TPSA) is 36.0 Å². The molecule has 1 aromatic heterocycles. The van der Waals surface area contributed by atoms with E-state index in [-0.39, 0.29) is 0 Å². The molecule has 2 N–H and O–H groups in total. The van der Waals surface area contributed by atoms with Crippen LogP contribution >= 0.6 is 0 Å². The third kappa shape index (κ3) is 2.30. The first-order valence-electron chi connectivity index (χ1n) is 6.31. The Morgan fingerprint density at radius 3 is 2.11 bits per heavy atom. The van der Waals surface area contributed by atoms with Crippen LogP contribution in [0.2, 0.25) is 0 Å². The number of aliphatic hydroxyl groups excluding tert-OH is 1. The Morgan fingerprint density at radius 2 is 1.42 bits per heavy atom. The molecule has 0 aliphatic rings. The highest BCUT2D eigenvalue weighted by Gasteiger charge is 2.15. The Hall–Kier alpha value is -2.32. The Kier molecular flexibility index (Phi) is 3.17. The summed E-state index contributed by atoms with van der Waals surface area (Å²) in [7, 11) is 0. The fourth-order valence-corrected chi connectivity index (χ4v) is 2.28. The lowest BCUT2D eigenvalue weighted by atomic mass is 9.97. The van der Waals surface area contributed by atoms with Gasteiger partial charge >= 0.3 is 0 Å². The van der Waals surface area contributed by atoms with Gasteiger partial charge in [0, 0.05) is 23.5 Å². The Balaban J connectivity index is 2.01. The molecule has 3 aromatic rings. The maximum absolute atomic E-state index is 10.5. The second-order valence-electron chi connectivity index (χ2n) is 4.50. The third-order valence-corrected chi connectivity index (χ3v) is 3.27. The SMILES string of the molecule is O[C@H](c1ccccc1)c1c[nH]cc1-c1ccccc1. The monoisotopic (exact) mass is 249 g/mol. The largest absolute Gasteiger partial charge is 0.384 e.